The normalized spacial score (nSPS) is 10.4. The first-order valence-electron chi connectivity index (χ1n) is 9.31. The van der Waals surface area contributed by atoms with Crippen LogP contribution in [0.4, 0.5) is 5.69 Å². The molecular weight excluding hydrogens is 386 g/mol. The molecule has 0 aliphatic rings. The Labute approximate surface area is 173 Å². The van der Waals surface area contributed by atoms with Crippen LogP contribution in [0.5, 0.6) is 17.2 Å². The predicted octanol–water partition coefficient (Wildman–Crippen LogP) is 3.28. The average Bonchev–Trinajstić information content (AvgIpc) is 2.77. The number of aromatic nitrogens is 2. The third-order valence-corrected chi connectivity index (χ3v) is 4.48. The molecule has 3 rings (SSSR count). The first kappa shape index (κ1) is 20.9. The number of amides is 1. The molecule has 1 heterocycles. The van der Waals surface area contributed by atoms with Crippen LogP contribution < -0.4 is 25.1 Å². The van der Waals surface area contributed by atoms with E-state index in [0.29, 0.717) is 52.0 Å². The van der Waals surface area contributed by atoms with Gasteiger partial charge in [-0.1, -0.05) is 19.1 Å². The zero-order valence-electron chi connectivity index (χ0n) is 17.2. The summed E-state index contributed by atoms with van der Waals surface area (Å²) in [6.07, 6.45) is 0.647. The fourth-order valence-electron chi connectivity index (χ4n) is 2.99. The van der Waals surface area contributed by atoms with Crippen LogP contribution in [0.1, 0.15) is 23.0 Å². The van der Waals surface area contributed by atoms with Crippen LogP contribution >= 0.6 is 0 Å². The second-order valence-electron chi connectivity index (χ2n) is 6.39. The molecule has 0 aliphatic carbocycles. The molecule has 0 aliphatic heterocycles. The summed E-state index contributed by atoms with van der Waals surface area (Å²) in [5.41, 5.74) is 2.06. The van der Waals surface area contributed by atoms with Gasteiger partial charge >= 0.3 is 0 Å². The summed E-state index contributed by atoms with van der Waals surface area (Å²) in [5.74, 6) is 1.27. The molecule has 0 radical (unpaired) electrons. The zero-order chi connectivity index (χ0) is 21.7. The highest BCUT2D eigenvalue weighted by Crippen LogP contribution is 2.38. The Morgan fingerprint density at radius 3 is 2.33 bits per heavy atom. The van der Waals surface area contributed by atoms with Gasteiger partial charge < -0.3 is 24.5 Å². The van der Waals surface area contributed by atoms with Gasteiger partial charge in [0.2, 0.25) is 5.75 Å². The summed E-state index contributed by atoms with van der Waals surface area (Å²) >= 11 is 0. The first-order valence-corrected chi connectivity index (χ1v) is 9.31. The largest absolute Gasteiger partial charge is 0.493 e. The number of anilines is 1. The highest BCUT2D eigenvalue weighted by molar-refractivity contribution is 6.05. The Hall–Kier alpha value is -3.81. The number of H-pyrrole nitrogens is 1. The summed E-state index contributed by atoms with van der Waals surface area (Å²) in [7, 11) is 4.47. The molecule has 2 N–H and O–H groups in total. The van der Waals surface area contributed by atoms with Crippen molar-refractivity contribution in [3.05, 3.63) is 64.1 Å². The Morgan fingerprint density at radius 1 is 1.03 bits per heavy atom. The van der Waals surface area contributed by atoms with Crippen molar-refractivity contribution in [2.24, 2.45) is 0 Å². The van der Waals surface area contributed by atoms with Gasteiger partial charge in [0.05, 0.1) is 21.3 Å². The molecule has 1 amide bonds. The third kappa shape index (κ3) is 4.43. The molecule has 156 valence electrons. The van der Waals surface area contributed by atoms with Gasteiger partial charge in [-0.25, -0.2) is 4.98 Å². The molecule has 0 saturated heterocycles. The summed E-state index contributed by atoms with van der Waals surface area (Å²) in [5, 5.41) is 2.84. The number of methoxy groups -OCH3 is 3. The molecule has 0 spiro atoms. The summed E-state index contributed by atoms with van der Waals surface area (Å²) in [6.45, 7) is 1.93. The lowest BCUT2D eigenvalue weighted by Crippen LogP contribution is -2.13. The Morgan fingerprint density at radius 2 is 1.73 bits per heavy atom. The molecule has 2 aromatic carbocycles. The highest BCUT2D eigenvalue weighted by Gasteiger charge is 2.17. The van der Waals surface area contributed by atoms with Gasteiger partial charge in [0.25, 0.3) is 11.5 Å². The Balaban J connectivity index is 1.91. The molecule has 8 heteroatoms. The maximum atomic E-state index is 12.8. The van der Waals surface area contributed by atoms with Crippen LogP contribution in [-0.4, -0.2) is 37.2 Å². The monoisotopic (exact) mass is 409 g/mol. The number of ether oxygens (including phenoxy) is 3. The Kier molecular flexibility index (Phi) is 6.36. The summed E-state index contributed by atoms with van der Waals surface area (Å²) in [4.78, 5) is 31.9. The molecule has 1 aromatic heterocycles. The van der Waals surface area contributed by atoms with E-state index < -0.39 is 0 Å². The van der Waals surface area contributed by atoms with E-state index in [4.69, 9.17) is 14.2 Å². The van der Waals surface area contributed by atoms with Gasteiger partial charge in [0.15, 0.2) is 11.5 Å². The van der Waals surface area contributed by atoms with Gasteiger partial charge in [-0.05, 0) is 30.7 Å². The van der Waals surface area contributed by atoms with Crippen molar-refractivity contribution in [1.82, 2.24) is 9.97 Å². The number of rotatable bonds is 7. The number of aromatic amines is 1. The van der Waals surface area contributed by atoms with E-state index in [0.717, 1.165) is 0 Å². The number of hydrogen-bond donors (Lipinski definition) is 2. The molecule has 8 nitrogen and oxygen atoms in total. The number of nitrogens with zero attached hydrogens (tertiary/aromatic N) is 1. The van der Waals surface area contributed by atoms with Crippen LogP contribution in [0.2, 0.25) is 0 Å². The smallest absolute Gasteiger partial charge is 0.255 e. The molecule has 0 saturated carbocycles. The van der Waals surface area contributed by atoms with Crippen molar-refractivity contribution in [2.75, 3.05) is 26.6 Å². The fraction of sp³-hybridized carbons (Fsp3) is 0.227. The number of hydrogen-bond acceptors (Lipinski definition) is 6. The van der Waals surface area contributed by atoms with Crippen molar-refractivity contribution in [2.45, 2.75) is 13.3 Å². The molecule has 30 heavy (non-hydrogen) atoms. The van der Waals surface area contributed by atoms with Crippen molar-refractivity contribution < 1.29 is 19.0 Å². The molecular formula is C22H23N3O5. The standard InChI is InChI=1S/C22H23N3O5/c1-5-15-12-19(26)25-21(23-15)13-7-6-8-16(9-13)24-22(27)14-10-17(28-2)20(30-4)18(11-14)29-3/h6-12H,5H2,1-4H3,(H,24,27)(H,23,25,26). The van der Waals surface area contributed by atoms with Crippen LogP contribution in [-0.2, 0) is 6.42 Å². The summed E-state index contributed by atoms with van der Waals surface area (Å²) in [6, 6.07) is 11.7. The minimum Gasteiger partial charge on any atom is -0.493 e. The molecule has 0 bridgehead atoms. The van der Waals surface area contributed by atoms with E-state index in [1.54, 1.807) is 30.3 Å². The van der Waals surface area contributed by atoms with Crippen LogP contribution in [0.25, 0.3) is 11.4 Å². The second-order valence-corrected chi connectivity index (χ2v) is 6.39. The zero-order valence-corrected chi connectivity index (χ0v) is 17.2. The number of nitrogens with one attached hydrogen (secondary N) is 2. The number of aryl methyl sites for hydroxylation is 1. The van der Waals surface area contributed by atoms with Crippen LogP contribution in [0.3, 0.4) is 0 Å². The SMILES string of the molecule is CCc1cc(=O)[nH]c(-c2cccc(NC(=O)c3cc(OC)c(OC)c(OC)c3)c2)n1. The fourth-order valence-corrected chi connectivity index (χ4v) is 2.99. The van der Waals surface area contributed by atoms with Crippen molar-refractivity contribution in [1.29, 1.82) is 0 Å². The second kappa shape index (κ2) is 9.13. The van der Waals surface area contributed by atoms with Gasteiger partial charge in [-0.3, -0.25) is 9.59 Å². The van der Waals surface area contributed by atoms with Crippen molar-refractivity contribution in [3.8, 4) is 28.6 Å². The number of benzene rings is 2. The first-order chi connectivity index (χ1) is 14.5. The van der Waals surface area contributed by atoms with E-state index >= 15 is 0 Å². The number of carbonyl (C=O) groups is 1. The number of carbonyl (C=O) groups excluding carboxylic acids is 1. The van der Waals surface area contributed by atoms with Gasteiger partial charge in [0, 0.05) is 28.6 Å². The van der Waals surface area contributed by atoms with E-state index in [2.05, 4.69) is 15.3 Å². The van der Waals surface area contributed by atoms with Gasteiger partial charge in [0.1, 0.15) is 5.82 Å². The maximum Gasteiger partial charge on any atom is 0.255 e. The van der Waals surface area contributed by atoms with Crippen LogP contribution in [0, 0.1) is 0 Å². The minimum absolute atomic E-state index is 0.219. The average molecular weight is 409 g/mol. The van der Waals surface area contributed by atoms with E-state index in [9.17, 15) is 9.59 Å². The molecule has 3 aromatic rings. The lowest BCUT2D eigenvalue weighted by atomic mass is 10.1. The van der Waals surface area contributed by atoms with E-state index in [1.165, 1.54) is 27.4 Å². The lowest BCUT2D eigenvalue weighted by Gasteiger charge is -2.14. The maximum absolute atomic E-state index is 12.8. The molecule has 0 unspecified atom stereocenters. The van der Waals surface area contributed by atoms with Crippen LogP contribution in [0.15, 0.2) is 47.3 Å². The van der Waals surface area contributed by atoms with Gasteiger partial charge in [-0.15, -0.1) is 0 Å². The van der Waals surface area contributed by atoms with Crippen molar-refractivity contribution in [3.63, 3.8) is 0 Å². The predicted molar refractivity (Wildman–Crippen MR) is 114 cm³/mol. The quantitative estimate of drug-likeness (QED) is 0.621. The minimum atomic E-state index is -0.352. The highest BCUT2D eigenvalue weighted by atomic mass is 16.5. The van der Waals surface area contributed by atoms with E-state index in [-0.39, 0.29) is 11.5 Å². The third-order valence-electron chi connectivity index (χ3n) is 4.48. The topological polar surface area (TPSA) is 103 Å². The lowest BCUT2D eigenvalue weighted by molar-refractivity contribution is 0.102. The van der Waals surface area contributed by atoms with E-state index in [1.807, 2.05) is 13.0 Å². The molecule has 0 fully saturated rings. The molecule has 0 atom stereocenters. The Bertz CT molecular complexity index is 1100. The van der Waals surface area contributed by atoms with Crippen molar-refractivity contribution >= 4 is 11.6 Å². The summed E-state index contributed by atoms with van der Waals surface area (Å²) < 4.78 is 15.9. The van der Waals surface area contributed by atoms with Gasteiger partial charge in [-0.2, -0.15) is 0 Å².